The molecule has 2 aromatic rings. The third-order valence-electron chi connectivity index (χ3n) is 3.89. The summed E-state index contributed by atoms with van der Waals surface area (Å²) in [6, 6.07) is 6.09. The fraction of sp³-hybridized carbons (Fsp3) is 0.400. The SMILES string of the molecule is O=C(O)c1nnn(CCN2CCCC2)c1-c1ccccc1F. The number of carboxylic acids is 1. The van der Waals surface area contributed by atoms with Gasteiger partial charge in [-0.2, -0.15) is 0 Å². The average molecular weight is 304 g/mol. The van der Waals surface area contributed by atoms with Gasteiger partial charge in [0.05, 0.1) is 6.54 Å². The van der Waals surface area contributed by atoms with E-state index in [1.807, 2.05) is 0 Å². The van der Waals surface area contributed by atoms with Crippen LogP contribution in [0, 0.1) is 5.82 Å². The first kappa shape index (κ1) is 14.6. The van der Waals surface area contributed by atoms with Crippen LogP contribution >= 0.6 is 0 Å². The molecule has 1 aromatic heterocycles. The lowest BCUT2D eigenvalue weighted by molar-refractivity contribution is 0.0691. The summed E-state index contributed by atoms with van der Waals surface area (Å²) in [5.41, 5.74) is 0.225. The predicted molar refractivity (Wildman–Crippen MR) is 78.0 cm³/mol. The highest BCUT2D eigenvalue weighted by molar-refractivity contribution is 5.92. The molecule has 3 rings (SSSR count). The number of aromatic nitrogens is 3. The van der Waals surface area contributed by atoms with Gasteiger partial charge in [-0.15, -0.1) is 5.10 Å². The van der Waals surface area contributed by atoms with Crippen LogP contribution in [0.5, 0.6) is 0 Å². The maximum atomic E-state index is 14.0. The molecule has 6 nitrogen and oxygen atoms in total. The fourth-order valence-corrected chi connectivity index (χ4v) is 2.78. The Morgan fingerprint density at radius 1 is 1.23 bits per heavy atom. The Hall–Kier alpha value is -2.28. The van der Waals surface area contributed by atoms with E-state index in [9.17, 15) is 14.3 Å². The van der Waals surface area contributed by atoms with Crippen LogP contribution in [0.4, 0.5) is 4.39 Å². The van der Waals surface area contributed by atoms with Crippen molar-refractivity contribution in [1.82, 2.24) is 19.9 Å². The second-order valence-electron chi connectivity index (χ2n) is 5.34. The van der Waals surface area contributed by atoms with Crippen molar-refractivity contribution in [3.63, 3.8) is 0 Å². The first-order valence-electron chi connectivity index (χ1n) is 7.31. The highest BCUT2D eigenvalue weighted by Crippen LogP contribution is 2.25. The van der Waals surface area contributed by atoms with Gasteiger partial charge in [0, 0.05) is 12.1 Å². The van der Waals surface area contributed by atoms with E-state index in [0.29, 0.717) is 6.54 Å². The lowest BCUT2D eigenvalue weighted by Crippen LogP contribution is -2.25. The molecule has 0 saturated carbocycles. The summed E-state index contributed by atoms with van der Waals surface area (Å²) < 4.78 is 15.5. The predicted octanol–water partition coefficient (Wildman–Crippen LogP) is 1.88. The Bertz CT molecular complexity index is 680. The van der Waals surface area contributed by atoms with Gasteiger partial charge in [-0.25, -0.2) is 13.9 Å². The minimum atomic E-state index is -1.20. The largest absolute Gasteiger partial charge is 0.476 e. The molecule has 1 aliphatic heterocycles. The number of halogens is 1. The van der Waals surface area contributed by atoms with Crippen molar-refractivity contribution in [3.05, 3.63) is 35.8 Å². The molecule has 0 radical (unpaired) electrons. The highest BCUT2D eigenvalue weighted by atomic mass is 19.1. The maximum Gasteiger partial charge on any atom is 0.358 e. The lowest BCUT2D eigenvalue weighted by Gasteiger charge is -2.15. The molecule has 0 spiro atoms. The van der Waals surface area contributed by atoms with Crippen molar-refractivity contribution in [2.75, 3.05) is 19.6 Å². The minimum absolute atomic E-state index is 0.214. The Morgan fingerprint density at radius 3 is 2.64 bits per heavy atom. The van der Waals surface area contributed by atoms with Crippen LogP contribution in [0.2, 0.25) is 0 Å². The zero-order chi connectivity index (χ0) is 15.5. The molecule has 1 N–H and O–H groups in total. The van der Waals surface area contributed by atoms with Gasteiger partial charge in [0.25, 0.3) is 0 Å². The molecule has 1 saturated heterocycles. The number of likely N-dealkylation sites (tertiary alicyclic amines) is 1. The summed E-state index contributed by atoms with van der Waals surface area (Å²) in [7, 11) is 0. The molecule has 2 heterocycles. The fourth-order valence-electron chi connectivity index (χ4n) is 2.78. The van der Waals surface area contributed by atoms with E-state index in [1.165, 1.54) is 23.6 Å². The molecule has 1 aromatic carbocycles. The highest BCUT2D eigenvalue weighted by Gasteiger charge is 2.23. The smallest absolute Gasteiger partial charge is 0.358 e. The summed E-state index contributed by atoms with van der Waals surface area (Å²) in [6.07, 6.45) is 2.36. The number of nitrogens with zero attached hydrogens (tertiary/aromatic N) is 4. The van der Waals surface area contributed by atoms with Gasteiger partial charge < -0.3 is 10.0 Å². The minimum Gasteiger partial charge on any atom is -0.476 e. The summed E-state index contributed by atoms with van der Waals surface area (Å²) >= 11 is 0. The molecule has 1 fully saturated rings. The van der Waals surface area contributed by atoms with Gasteiger partial charge in [-0.05, 0) is 38.1 Å². The van der Waals surface area contributed by atoms with Crippen LogP contribution in [0.1, 0.15) is 23.3 Å². The van der Waals surface area contributed by atoms with Gasteiger partial charge in [0.2, 0.25) is 0 Å². The van der Waals surface area contributed by atoms with Crippen LogP contribution in [0.3, 0.4) is 0 Å². The van der Waals surface area contributed by atoms with Crippen molar-refractivity contribution in [2.24, 2.45) is 0 Å². The number of carbonyl (C=O) groups is 1. The van der Waals surface area contributed by atoms with Crippen LogP contribution in [0.25, 0.3) is 11.3 Å². The Balaban J connectivity index is 1.93. The normalized spacial score (nSPS) is 15.3. The quantitative estimate of drug-likeness (QED) is 0.913. The van der Waals surface area contributed by atoms with Crippen molar-refractivity contribution in [3.8, 4) is 11.3 Å². The van der Waals surface area contributed by atoms with E-state index < -0.39 is 11.8 Å². The van der Waals surface area contributed by atoms with Crippen LogP contribution < -0.4 is 0 Å². The third kappa shape index (κ3) is 2.85. The summed E-state index contributed by atoms with van der Waals surface area (Å²) in [5, 5.41) is 16.9. The standard InChI is InChI=1S/C15H17FN4O2/c16-12-6-2-1-5-11(12)14-13(15(21)22)17-18-20(14)10-9-19-7-3-4-8-19/h1-2,5-6H,3-4,7-10H2,(H,21,22). The summed E-state index contributed by atoms with van der Waals surface area (Å²) in [4.78, 5) is 13.6. The van der Waals surface area contributed by atoms with E-state index in [0.717, 1.165) is 19.6 Å². The number of hydrogen-bond donors (Lipinski definition) is 1. The molecule has 7 heteroatoms. The summed E-state index contributed by atoms with van der Waals surface area (Å²) in [5.74, 6) is -1.68. The molecule has 0 bridgehead atoms. The van der Waals surface area contributed by atoms with Gasteiger partial charge in [0.15, 0.2) is 5.69 Å². The Morgan fingerprint density at radius 2 is 1.95 bits per heavy atom. The van der Waals surface area contributed by atoms with Crippen molar-refractivity contribution in [1.29, 1.82) is 0 Å². The molecular formula is C15H17FN4O2. The molecule has 0 atom stereocenters. The molecule has 0 unspecified atom stereocenters. The van der Waals surface area contributed by atoms with Crippen LogP contribution in [-0.4, -0.2) is 50.6 Å². The maximum absolute atomic E-state index is 14.0. The topological polar surface area (TPSA) is 71.2 Å². The van der Waals surface area contributed by atoms with Gasteiger partial charge in [-0.1, -0.05) is 17.3 Å². The molecule has 116 valence electrons. The van der Waals surface area contributed by atoms with E-state index in [2.05, 4.69) is 15.2 Å². The summed E-state index contributed by atoms with van der Waals surface area (Å²) in [6.45, 7) is 3.32. The van der Waals surface area contributed by atoms with Crippen LogP contribution in [-0.2, 0) is 6.54 Å². The molecule has 22 heavy (non-hydrogen) atoms. The molecule has 1 aliphatic rings. The second-order valence-corrected chi connectivity index (χ2v) is 5.34. The number of carboxylic acid groups (broad SMARTS) is 1. The Labute approximate surface area is 127 Å². The average Bonchev–Trinajstić information content (AvgIpc) is 3.15. The van der Waals surface area contributed by atoms with E-state index in [-0.39, 0.29) is 17.0 Å². The number of aromatic carboxylic acids is 1. The number of benzene rings is 1. The number of hydrogen-bond acceptors (Lipinski definition) is 4. The molecule has 0 amide bonds. The number of rotatable bonds is 5. The third-order valence-corrected chi connectivity index (χ3v) is 3.89. The van der Waals surface area contributed by atoms with Gasteiger partial charge in [-0.3, -0.25) is 0 Å². The Kier molecular flexibility index (Phi) is 4.15. The van der Waals surface area contributed by atoms with E-state index in [1.54, 1.807) is 18.2 Å². The first-order chi connectivity index (χ1) is 10.7. The van der Waals surface area contributed by atoms with Crippen LogP contribution in [0.15, 0.2) is 24.3 Å². The molecular weight excluding hydrogens is 287 g/mol. The van der Waals surface area contributed by atoms with Crippen molar-refractivity contribution in [2.45, 2.75) is 19.4 Å². The van der Waals surface area contributed by atoms with Gasteiger partial charge in [0.1, 0.15) is 11.5 Å². The van der Waals surface area contributed by atoms with Crippen molar-refractivity contribution < 1.29 is 14.3 Å². The monoisotopic (exact) mass is 304 g/mol. The second kappa shape index (κ2) is 6.23. The zero-order valence-electron chi connectivity index (χ0n) is 12.1. The van der Waals surface area contributed by atoms with E-state index in [4.69, 9.17) is 0 Å². The van der Waals surface area contributed by atoms with E-state index >= 15 is 0 Å². The van der Waals surface area contributed by atoms with Gasteiger partial charge >= 0.3 is 5.97 Å². The van der Waals surface area contributed by atoms with Crippen molar-refractivity contribution >= 4 is 5.97 Å². The lowest BCUT2D eigenvalue weighted by atomic mass is 10.1. The molecule has 0 aliphatic carbocycles. The first-order valence-corrected chi connectivity index (χ1v) is 7.31. The zero-order valence-corrected chi connectivity index (χ0v) is 12.1.